The summed E-state index contributed by atoms with van der Waals surface area (Å²) in [6.45, 7) is 0.718. The number of amides is 1. The third-order valence-corrected chi connectivity index (χ3v) is 4.74. The van der Waals surface area contributed by atoms with Crippen molar-refractivity contribution in [3.63, 3.8) is 0 Å². The zero-order valence-corrected chi connectivity index (χ0v) is 13.0. The smallest absolute Gasteiger partial charge is 0.251 e. The zero-order chi connectivity index (χ0) is 14.6. The number of likely N-dealkylation sites (N-methyl/N-ethyl adjacent to an activating group) is 1. The number of hydrogen-bond donors (Lipinski definition) is 1. The van der Waals surface area contributed by atoms with Crippen LogP contribution in [0.4, 0.5) is 0 Å². The first-order valence-corrected chi connectivity index (χ1v) is 7.71. The Kier molecular flexibility index (Phi) is 5.06. The fourth-order valence-corrected chi connectivity index (χ4v) is 3.09. The Hall–Kier alpha value is -1.06. The second-order valence-electron chi connectivity index (χ2n) is 5.84. The molecule has 0 radical (unpaired) electrons. The first-order chi connectivity index (χ1) is 9.57. The number of carbonyl (C=O) groups is 1. The van der Waals surface area contributed by atoms with Gasteiger partial charge in [0, 0.05) is 23.5 Å². The summed E-state index contributed by atoms with van der Waals surface area (Å²) >= 11 is 5.75. The summed E-state index contributed by atoms with van der Waals surface area (Å²) in [4.78, 5) is 14.5. The highest BCUT2D eigenvalue weighted by atomic mass is 35.5. The molecule has 2 rings (SSSR count). The minimum Gasteiger partial charge on any atom is -0.350 e. The predicted octanol–water partition coefficient (Wildman–Crippen LogP) is 3.03. The Morgan fingerprint density at radius 2 is 1.85 bits per heavy atom. The maximum Gasteiger partial charge on any atom is 0.251 e. The molecule has 1 N–H and O–H groups in total. The molecular weight excluding hydrogens is 272 g/mol. The summed E-state index contributed by atoms with van der Waals surface area (Å²) in [6.07, 6.45) is 4.81. The van der Waals surface area contributed by atoms with Crippen molar-refractivity contribution in [2.45, 2.75) is 37.1 Å². The molecule has 0 unspecified atom stereocenters. The summed E-state index contributed by atoms with van der Waals surface area (Å²) < 4.78 is 0. The topological polar surface area (TPSA) is 32.3 Å². The fraction of sp³-hybridized carbons (Fsp3) is 0.562. The largest absolute Gasteiger partial charge is 0.350 e. The van der Waals surface area contributed by atoms with Crippen molar-refractivity contribution in [1.82, 2.24) is 10.2 Å². The standard InChI is InChI=1S/C16H23ClN2O/c1-19(2)16(9-3-4-10-16)12-18-15(20)14-7-5-13(11-17)6-8-14/h5-8H,3-4,9-12H2,1-2H3,(H,18,20). The molecule has 3 nitrogen and oxygen atoms in total. The summed E-state index contributed by atoms with van der Waals surface area (Å²) in [5.74, 6) is 0.477. The first kappa shape index (κ1) is 15.3. The summed E-state index contributed by atoms with van der Waals surface area (Å²) in [7, 11) is 4.21. The van der Waals surface area contributed by atoms with E-state index in [1.54, 1.807) is 0 Å². The molecule has 0 atom stereocenters. The van der Waals surface area contributed by atoms with E-state index in [9.17, 15) is 4.79 Å². The third kappa shape index (κ3) is 3.33. The number of carbonyl (C=O) groups excluding carboxylic acids is 1. The van der Waals surface area contributed by atoms with Gasteiger partial charge in [-0.1, -0.05) is 25.0 Å². The number of nitrogens with one attached hydrogen (secondary N) is 1. The van der Waals surface area contributed by atoms with E-state index >= 15 is 0 Å². The van der Waals surface area contributed by atoms with Crippen molar-refractivity contribution in [1.29, 1.82) is 0 Å². The number of nitrogens with zero attached hydrogens (tertiary/aromatic N) is 1. The number of alkyl halides is 1. The number of hydrogen-bond acceptors (Lipinski definition) is 2. The van der Waals surface area contributed by atoms with Gasteiger partial charge in [-0.15, -0.1) is 11.6 Å². The Bertz CT molecular complexity index is 450. The molecular formula is C16H23ClN2O. The number of benzene rings is 1. The van der Waals surface area contributed by atoms with E-state index in [0.29, 0.717) is 11.4 Å². The van der Waals surface area contributed by atoms with E-state index < -0.39 is 0 Å². The van der Waals surface area contributed by atoms with Crippen molar-refractivity contribution < 1.29 is 4.79 Å². The van der Waals surface area contributed by atoms with Gasteiger partial charge in [0.1, 0.15) is 0 Å². The van der Waals surface area contributed by atoms with Crippen LogP contribution in [-0.4, -0.2) is 37.0 Å². The van der Waals surface area contributed by atoms with Crippen LogP contribution in [0, 0.1) is 0 Å². The number of rotatable bonds is 5. The van der Waals surface area contributed by atoms with E-state index in [1.807, 2.05) is 24.3 Å². The van der Waals surface area contributed by atoms with Gasteiger partial charge < -0.3 is 10.2 Å². The molecule has 1 aromatic carbocycles. The van der Waals surface area contributed by atoms with Crippen molar-refractivity contribution in [3.05, 3.63) is 35.4 Å². The SMILES string of the molecule is CN(C)C1(CNC(=O)c2ccc(CCl)cc2)CCCC1. The van der Waals surface area contributed by atoms with Gasteiger partial charge in [-0.2, -0.15) is 0 Å². The zero-order valence-electron chi connectivity index (χ0n) is 12.3. The molecule has 20 heavy (non-hydrogen) atoms. The fourth-order valence-electron chi connectivity index (χ4n) is 2.91. The monoisotopic (exact) mass is 294 g/mol. The second-order valence-corrected chi connectivity index (χ2v) is 6.11. The van der Waals surface area contributed by atoms with E-state index in [4.69, 9.17) is 11.6 Å². The molecule has 1 aromatic rings. The van der Waals surface area contributed by atoms with Crippen LogP contribution >= 0.6 is 11.6 Å². The molecule has 0 saturated heterocycles. The van der Waals surface area contributed by atoms with Crippen LogP contribution in [0.1, 0.15) is 41.6 Å². The molecule has 1 saturated carbocycles. The Morgan fingerprint density at radius 1 is 1.25 bits per heavy atom. The van der Waals surface area contributed by atoms with Crippen molar-refractivity contribution >= 4 is 17.5 Å². The maximum atomic E-state index is 12.2. The average molecular weight is 295 g/mol. The van der Waals surface area contributed by atoms with Crippen LogP contribution in [-0.2, 0) is 5.88 Å². The molecule has 1 aliphatic carbocycles. The lowest BCUT2D eigenvalue weighted by atomic mass is 9.96. The normalized spacial score (nSPS) is 17.4. The van der Waals surface area contributed by atoms with E-state index in [1.165, 1.54) is 12.8 Å². The van der Waals surface area contributed by atoms with Crippen molar-refractivity contribution in [3.8, 4) is 0 Å². The van der Waals surface area contributed by atoms with Crippen molar-refractivity contribution in [2.24, 2.45) is 0 Å². The predicted molar refractivity (Wildman–Crippen MR) is 83.2 cm³/mol. The van der Waals surface area contributed by atoms with Gasteiger partial charge in [-0.3, -0.25) is 4.79 Å². The van der Waals surface area contributed by atoms with Crippen LogP contribution in [0.15, 0.2) is 24.3 Å². The first-order valence-electron chi connectivity index (χ1n) is 7.18. The third-order valence-electron chi connectivity index (χ3n) is 4.43. The second kappa shape index (κ2) is 6.59. The highest BCUT2D eigenvalue weighted by Gasteiger charge is 2.36. The molecule has 4 heteroatoms. The molecule has 1 fully saturated rings. The van der Waals surface area contributed by atoms with Gasteiger partial charge in [0.2, 0.25) is 0 Å². The van der Waals surface area contributed by atoms with Gasteiger partial charge >= 0.3 is 0 Å². The molecule has 1 aliphatic rings. The lowest BCUT2D eigenvalue weighted by Crippen LogP contribution is -2.50. The van der Waals surface area contributed by atoms with Gasteiger partial charge in [0.25, 0.3) is 5.91 Å². The highest BCUT2D eigenvalue weighted by molar-refractivity contribution is 6.17. The lowest BCUT2D eigenvalue weighted by molar-refractivity contribution is 0.0900. The molecule has 110 valence electrons. The van der Waals surface area contributed by atoms with E-state index in [2.05, 4.69) is 24.3 Å². The molecule has 0 aliphatic heterocycles. The Balaban J connectivity index is 1.97. The van der Waals surface area contributed by atoms with Gasteiger partial charge in [-0.25, -0.2) is 0 Å². The minimum absolute atomic E-state index is 0.000697. The van der Waals surface area contributed by atoms with Gasteiger partial charge in [-0.05, 0) is 44.6 Å². The van der Waals surface area contributed by atoms with E-state index in [0.717, 1.165) is 24.9 Å². The van der Waals surface area contributed by atoms with Gasteiger partial charge in [0.05, 0.1) is 0 Å². The van der Waals surface area contributed by atoms with Crippen LogP contribution < -0.4 is 5.32 Å². The number of halogens is 1. The van der Waals surface area contributed by atoms with Crippen molar-refractivity contribution in [2.75, 3.05) is 20.6 Å². The summed E-state index contributed by atoms with van der Waals surface area (Å²) in [5.41, 5.74) is 1.86. The van der Waals surface area contributed by atoms with Crippen LogP contribution in [0.3, 0.4) is 0 Å². The molecule has 0 spiro atoms. The lowest BCUT2D eigenvalue weighted by Gasteiger charge is -2.36. The average Bonchev–Trinajstić information content (AvgIpc) is 2.95. The minimum atomic E-state index is -0.000697. The highest BCUT2D eigenvalue weighted by Crippen LogP contribution is 2.33. The molecule has 0 heterocycles. The molecule has 1 amide bonds. The molecule has 0 bridgehead atoms. The van der Waals surface area contributed by atoms with Crippen LogP contribution in [0.5, 0.6) is 0 Å². The quantitative estimate of drug-likeness (QED) is 0.847. The Morgan fingerprint density at radius 3 is 2.35 bits per heavy atom. The van der Waals surface area contributed by atoms with Gasteiger partial charge in [0.15, 0.2) is 0 Å². The molecule has 0 aromatic heterocycles. The van der Waals surface area contributed by atoms with Crippen LogP contribution in [0.2, 0.25) is 0 Å². The summed E-state index contributed by atoms with van der Waals surface area (Å²) in [6, 6.07) is 7.48. The Labute approximate surface area is 126 Å². The maximum absolute atomic E-state index is 12.2. The van der Waals surface area contributed by atoms with Crippen LogP contribution in [0.25, 0.3) is 0 Å². The van der Waals surface area contributed by atoms with E-state index in [-0.39, 0.29) is 11.4 Å². The summed E-state index contributed by atoms with van der Waals surface area (Å²) in [5, 5.41) is 3.09.